The number of aliphatic imine (C=N–C) groups is 1. The van der Waals surface area contributed by atoms with Gasteiger partial charge in [-0.05, 0) is 12.5 Å². The summed E-state index contributed by atoms with van der Waals surface area (Å²) in [7, 11) is -3.81. The molecule has 0 amide bonds. The monoisotopic (exact) mass is 457 g/mol. The van der Waals surface area contributed by atoms with Gasteiger partial charge >= 0.3 is 0 Å². The van der Waals surface area contributed by atoms with Gasteiger partial charge in [0.1, 0.15) is 0 Å². The van der Waals surface area contributed by atoms with Gasteiger partial charge in [-0.3, -0.25) is 15.1 Å². The van der Waals surface area contributed by atoms with Crippen molar-refractivity contribution < 1.29 is 13.3 Å². The molecule has 23 heavy (non-hydrogen) atoms. The van der Waals surface area contributed by atoms with Crippen LogP contribution in [0, 0.1) is 10.1 Å². The summed E-state index contributed by atoms with van der Waals surface area (Å²) in [6.07, 6.45) is 0.863. The fraction of sp³-hybridized carbons (Fsp3) is 0.417. The molecule has 9 nitrogen and oxygen atoms in total. The van der Waals surface area contributed by atoms with Gasteiger partial charge in [0.2, 0.25) is 10.0 Å². The highest BCUT2D eigenvalue weighted by molar-refractivity contribution is 14.0. The molecule has 0 aromatic heterocycles. The van der Waals surface area contributed by atoms with Crippen LogP contribution in [0.4, 0.5) is 5.69 Å². The maximum absolute atomic E-state index is 12.0. The number of nitrogens with zero attached hydrogens (tertiary/aromatic N) is 2. The molecule has 0 aliphatic carbocycles. The molecule has 1 aromatic rings. The summed E-state index contributed by atoms with van der Waals surface area (Å²) in [4.78, 5) is 13.8. The number of nitro benzene ring substituents is 1. The van der Waals surface area contributed by atoms with Crippen molar-refractivity contribution in [2.24, 2.45) is 10.7 Å². The Balaban J connectivity index is 0.00000484. The van der Waals surface area contributed by atoms with Gasteiger partial charge in [-0.25, -0.2) is 13.1 Å². The first-order valence-electron chi connectivity index (χ1n) is 6.64. The van der Waals surface area contributed by atoms with E-state index in [1.165, 1.54) is 18.2 Å². The molecule has 0 aliphatic heterocycles. The third-order valence-electron chi connectivity index (χ3n) is 2.57. The fourth-order valence-electron chi connectivity index (χ4n) is 1.51. The van der Waals surface area contributed by atoms with E-state index in [-0.39, 0.29) is 53.6 Å². The predicted molar refractivity (Wildman–Crippen MR) is 98.5 cm³/mol. The smallest absolute Gasteiger partial charge is 0.270 e. The Morgan fingerprint density at radius 3 is 2.70 bits per heavy atom. The Labute approximate surface area is 152 Å². The first-order valence-corrected chi connectivity index (χ1v) is 8.13. The van der Waals surface area contributed by atoms with E-state index in [9.17, 15) is 18.5 Å². The highest BCUT2D eigenvalue weighted by Crippen LogP contribution is 2.16. The molecule has 130 valence electrons. The second kappa shape index (κ2) is 10.3. The number of nitro groups is 1. The number of hydrogen-bond acceptors (Lipinski definition) is 5. The summed E-state index contributed by atoms with van der Waals surface area (Å²) in [5, 5.41) is 13.4. The van der Waals surface area contributed by atoms with E-state index in [0.29, 0.717) is 6.54 Å². The lowest BCUT2D eigenvalue weighted by Gasteiger charge is -2.08. The van der Waals surface area contributed by atoms with Crippen LogP contribution in [0.3, 0.4) is 0 Å². The molecule has 1 rings (SSSR count). The topological polar surface area (TPSA) is 140 Å². The number of guanidine groups is 1. The average Bonchev–Trinajstić information content (AvgIpc) is 2.49. The van der Waals surface area contributed by atoms with Gasteiger partial charge in [0.15, 0.2) is 5.96 Å². The minimum Gasteiger partial charge on any atom is -0.370 e. The number of halogens is 1. The molecule has 0 fully saturated rings. The lowest BCUT2D eigenvalue weighted by atomic mass is 10.3. The maximum atomic E-state index is 12.0. The van der Waals surface area contributed by atoms with Crippen LogP contribution < -0.4 is 15.8 Å². The Bertz CT molecular complexity index is 651. The molecular formula is C12H20IN5O4S. The van der Waals surface area contributed by atoms with E-state index in [0.717, 1.165) is 12.5 Å². The fourth-order valence-corrected chi connectivity index (χ4v) is 2.58. The third kappa shape index (κ3) is 7.56. The van der Waals surface area contributed by atoms with Crippen LogP contribution >= 0.6 is 24.0 Å². The summed E-state index contributed by atoms with van der Waals surface area (Å²) >= 11 is 0. The summed E-state index contributed by atoms with van der Waals surface area (Å²) in [6, 6.07) is 4.85. The minimum absolute atomic E-state index is 0. The van der Waals surface area contributed by atoms with Crippen molar-refractivity contribution in [1.29, 1.82) is 0 Å². The van der Waals surface area contributed by atoms with E-state index >= 15 is 0 Å². The van der Waals surface area contributed by atoms with Crippen molar-refractivity contribution >= 4 is 45.6 Å². The summed E-state index contributed by atoms with van der Waals surface area (Å²) in [6.45, 7) is 2.89. The van der Waals surface area contributed by atoms with Crippen LogP contribution in [0.25, 0.3) is 0 Å². The zero-order valence-electron chi connectivity index (χ0n) is 12.6. The maximum Gasteiger partial charge on any atom is 0.270 e. The zero-order chi connectivity index (χ0) is 16.6. The van der Waals surface area contributed by atoms with E-state index in [1.54, 1.807) is 0 Å². The number of rotatable bonds is 8. The standard InChI is InChI=1S/C12H19N5O4S.HI/c1-2-6-14-12(13)15-7-8-16-22(20,21)11-5-3-4-10(9-11)17(18)19;/h3-5,9,16H,2,6-8H2,1H3,(H3,13,14,15);1H. The number of hydrogen-bond donors (Lipinski definition) is 3. The Morgan fingerprint density at radius 2 is 2.09 bits per heavy atom. The average molecular weight is 457 g/mol. The third-order valence-corrected chi connectivity index (χ3v) is 4.03. The number of sulfonamides is 1. The highest BCUT2D eigenvalue weighted by Gasteiger charge is 2.16. The van der Waals surface area contributed by atoms with Crippen molar-refractivity contribution in [1.82, 2.24) is 10.0 Å². The van der Waals surface area contributed by atoms with Gasteiger partial charge in [-0.1, -0.05) is 13.0 Å². The first kappa shape index (κ1) is 21.5. The van der Waals surface area contributed by atoms with Gasteiger partial charge in [0.25, 0.3) is 5.69 Å². The van der Waals surface area contributed by atoms with Gasteiger partial charge in [-0.15, -0.1) is 24.0 Å². The normalized spacial score (nSPS) is 11.6. The molecule has 11 heteroatoms. The van der Waals surface area contributed by atoms with Crippen molar-refractivity contribution in [3.63, 3.8) is 0 Å². The van der Waals surface area contributed by atoms with Crippen LogP contribution in [-0.4, -0.2) is 38.9 Å². The van der Waals surface area contributed by atoms with Crippen molar-refractivity contribution in [2.75, 3.05) is 19.6 Å². The second-order valence-electron chi connectivity index (χ2n) is 4.35. The molecular weight excluding hydrogens is 437 g/mol. The number of nitrogens with two attached hydrogens (primary N) is 1. The Morgan fingerprint density at radius 1 is 1.39 bits per heavy atom. The lowest BCUT2D eigenvalue weighted by molar-refractivity contribution is -0.385. The van der Waals surface area contributed by atoms with E-state index < -0.39 is 14.9 Å². The Kier molecular flexibility index (Phi) is 9.67. The molecule has 0 atom stereocenters. The summed E-state index contributed by atoms with van der Waals surface area (Å²) < 4.78 is 26.3. The minimum atomic E-state index is -3.81. The van der Waals surface area contributed by atoms with Crippen LogP contribution in [0.5, 0.6) is 0 Å². The summed E-state index contributed by atoms with van der Waals surface area (Å²) in [5.41, 5.74) is 5.28. The number of benzene rings is 1. The molecule has 0 saturated heterocycles. The molecule has 0 heterocycles. The van der Waals surface area contributed by atoms with E-state index in [4.69, 9.17) is 5.73 Å². The number of nitrogens with one attached hydrogen (secondary N) is 2. The van der Waals surface area contributed by atoms with E-state index in [2.05, 4.69) is 15.0 Å². The van der Waals surface area contributed by atoms with Crippen LogP contribution in [-0.2, 0) is 10.0 Å². The predicted octanol–water partition coefficient (Wildman–Crippen LogP) is 0.805. The SMILES string of the molecule is CCCN=C(N)NCCNS(=O)(=O)c1cccc([N+](=O)[O-])c1.I. The molecule has 0 saturated carbocycles. The van der Waals surface area contributed by atoms with Crippen LogP contribution in [0.1, 0.15) is 13.3 Å². The van der Waals surface area contributed by atoms with Crippen molar-refractivity contribution in [3.05, 3.63) is 34.4 Å². The van der Waals surface area contributed by atoms with E-state index in [1.807, 2.05) is 6.92 Å². The molecule has 0 bridgehead atoms. The second-order valence-corrected chi connectivity index (χ2v) is 6.11. The molecule has 4 N–H and O–H groups in total. The zero-order valence-corrected chi connectivity index (χ0v) is 15.7. The first-order chi connectivity index (χ1) is 10.4. The Hall–Kier alpha value is -1.47. The van der Waals surface area contributed by atoms with Gasteiger partial charge < -0.3 is 11.1 Å². The number of non-ortho nitro benzene ring substituents is 1. The molecule has 0 aliphatic rings. The molecule has 0 unspecified atom stereocenters. The molecule has 0 radical (unpaired) electrons. The largest absolute Gasteiger partial charge is 0.370 e. The van der Waals surface area contributed by atoms with Gasteiger partial charge in [0.05, 0.1) is 9.82 Å². The van der Waals surface area contributed by atoms with Crippen molar-refractivity contribution in [3.8, 4) is 0 Å². The summed E-state index contributed by atoms with van der Waals surface area (Å²) in [5.74, 6) is 0.247. The van der Waals surface area contributed by atoms with Crippen LogP contribution in [0.15, 0.2) is 34.2 Å². The quantitative estimate of drug-likeness (QED) is 0.132. The lowest BCUT2D eigenvalue weighted by Crippen LogP contribution is -2.38. The van der Waals surface area contributed by atoms with Gasteiger partial charge in [0, 0.05) is 31.8 Å². The van der Waals surface area contributed by atoms with Crippen LogP contribution in [0.2, 0.25) is 0 Å². The molecule has 1 aromatic carbocycles. The highest BCUT2D eigenvalue weighted by atomic mass is 127. The van der Waals surface area contributed by atoms with Gasteiger partial charge in [-0.2, -0.15) is 0 Å². The van der Waals surface area contributed by atoms with Crippen molar-refractivity contribution in [2.45, 2.75) is 18.2 Å². The molecule has 0 spiro atoms.